The van der Waals surface area contributed by atoms with Crippen molar-refractivity contribution < 1.29 is 4.79 Å². The number of hydrogen-bond donors (Lipinski definition) is 1. The fraction of sp³-hybridized carbons (Fsp3) is 0.909. The Morgan fingerprint density at radius 1 is 1.43 bits per heavy atom. The summed E-state index contributed by atoms with van der Waals surface area (Å²) in [5.41, 5.74) is 0. The van der Waals surface area contributed by atoms with Crippen LogP contribution in [0.15, 0.2) is 0 Å². The van der Waals surface area contributed by atoms with E-state index in [1.54, 1.807) is 19.0 Å². The Bertz CT molecular complexity index is 203. The van der Waals surface area contributed by atoms with E-state index in [1.165, 1.54) is 19.3 Å². The SMILES string of the molecule is CC1CCCC1N[C@H](C)C(=O)N(C)C. The van der Waals surface area contributed by atoms with Gasteiger partial charge in [-0.25, -0.2) is 0 Å². The van der Waals surface area contributed by atoms with E-state index in [0.29, 0.717) is 12.0 Å². The van der Waals surface area contributed by atoms with Crippen LogP contribution < -0.4 is 5.32 Å². The van der Waals surface area contributed by atoms with Gasteiger partial charge in [0.05, 0.1) is 6.04 Å². The van der Waals surface area contributed by atoms with Crippen LogP contribution in [0.5, 0.6) is 0 Å². The summed E-state index contributed by atoms with van der Waals surface area (Å²) < 4.78 is 0. The second kappa shape index (κ2) is 4.78. The van der Waals surface area contributed by atoms with Crippen LogP contribution in [0.1, 0.15) is 33.1 Å². The first-order valence-electron chi connectivity index (χ1n) is 5.49. The minimum Gasteiger partial charge on any atom is -0.347 e. The van der Waals surface area contributed by atoms with Crippen LogP contribution in [-0.4, -0.2) is 37.0 Å². The Morgan fingerprint density at radius 3 is 2.50 bits per heavy atom. The van der Waals surface area contributed by atoms with Crippen molar-refractivity contribution in [2.45, 2.75) is 45.2 Å². The molecule has 3 atom stereocenters. The molecular weight excluding hydrogens is 176 g/mol. The van der Waals surface area contributed by atoms with E-state index >= 15 is 0 Å². The molecular formula is C11H22N2O. The molecule has 3 heteroatoms. The van der Waals surface area contributed by atoms with Crippen molar-refractivity contribution in [2.24, 2.45) is 5.92 Å². The molecule has 1 aliphatic rings. The smallest absolute Gasteiger partial charge is 0.238 e. The minimum absolute atomic E-state index is 0.0458. The molecule has 0 aromatic heterocycles. The fourth-order valence-corrected chi connectivity index (χ4v) is 2.17. The quantitative estimate of drug-likeness (QED) is 0.740. The van der Waals surface area contributed by atoms with Crippen LogP contribution in [0.3, 0.4) is 0 Å². The highest BCUT2D eigenvalue weighted by Crippen LogP contribution is 2.25. The zero-order chi connectivity index (χ0) is 10.7. The zero-order valence-corrected chi connectivity index (χ0v) is 9.71. The van der Waals surface area contributed by atoms with Crippen molar-refractivity contribution in [3.8, 4) is 0 Å². The molecule has 1 amide bonds. The first-order chi connectivity index (χ1) is 6.52. The van der Waals surface area contributed by atoms with Crippen molar-refractivity contribution in [2.75, 3.05) is 14.1 Å². The summed E-state index contributed by atoms with van der Waals surface area (Å²) in [7, 11) is 3.61. The Kier molecular flexibility index (Phi) is 3.93. The van der Waals surface area contributed by atoms with Crippen LogP contribution in [0.4, 0.5) is 0 Å². The number of carbonyl (C=O) groups excluding carboxylic acids is 1. The van der Waals surface area contributed by atoms with Crippen molar-refractivity contribution in [3.05, 3.63) is 0 Å². The molecule has 1 aliphatic carbocycles. The Balaban J connectivity index is 2.39. The highest BCUT2D eigenvalue weighted by atomic mass is 16.2. The topological polar surface area (TPSA) is 32.3 Å². The Hall–Kier alpha value is -0.570. The first kappa shape index (κ1) is 11.5. The van der Waals surface area contributed by atoms with E-state index in [-0.39, 0.29) is 11.9 Å². The van der Waals surface area contributed by atoms with E-state index in [4.69, 9.17) is 0 Å². The third kappa shape index (κ3) is 2.71. The highest BCUT2D eigenvalue weighted by Gasteiger charge is 2.26. The van der Waals surface area contributed by atoms with Crippen LogP contribution in [0.25, 0.3) is 0 Å². The maximum absolute atomic E-state index is 11.6. The van der Waals surface area contributed by atoms with Crippen LogP contribution in [0, 0.1) is 5.92 Å². The maximum atomic E-state index is 11.6. The summed E-state index contributed by atoms with van der Waals surface area (Å²) in [6, 6.07) is 0.490. The van der Waals surface area contributed by atoms with Crippen LogP contribution in [-0.2, 0) is 4.79 Å². The molecule has 3 nitrogen and oxygen atoms in total. The lowest BCUT2D eigenvalue weighted by atomic mass is 10.1. The van der Waals surface area contributed by atoms with Gasteiger partial charge in [0.25, 0.3) is 0 Å². The summed E-state index contributed by atoms with van der Waals surface area (Å²) in [4.78, 5) is 13.3. The number of hydrogen-bond acceptors (Lipinski definition) is 2. The lowest BCUT2D eigenvalue weighted by Gasteiger charge is -2.24. The summed E-state index contributed by atoms with van der Waals surface area (Å²) in [6.45, 7) is 4.21. The summed E-state index contributed by atoms with van der Waals surface area (Å²) in [5, 5.41) is 3.42. The second-order valence-corrected chi connectivity index (χ2v) is 4.64. The number of amides is 1. The van der Waals surface area contributed by atoms with Gasteiger partial charge in [-0.15, -0.1) is 0 Å². The molecule has 1 rings (SSSR count). The zero-order valence-electron chi connectivity index (χ0n) is 9.71. The van der Waals surface area contributed by atoms with E-state index in [9.17, 15) is 4.79 Å². The van der Waals surface area contributed by atoms with Crippen molar-refractivity contribution >= 4 is 5.91 Å². The normalized spacial score (nSPS) is 28.9. The van der Waals surface area contributed by atoms with Gasteiger partial charge in [-0.2, -0.15) is 0 Å². The van der Waals surface area contributed by atoms with Gasteiger partial charge in [0.1, 0.15) is 0 Å². The molecule has 1 N–H and O–H groups in total. The van der Waals surface area contributed by atoms with Gasteiger partial charge in [-0.1, -0.05) is 13.3 Å². The standard InChI is InChI=1S/C11H22N2O/c1-8-6-5-7-10(8)12-9(2)11(14)13(3)4/h8-10,12H,5-7H2,1-4H3/t8?,9-,10?/m1/s1. The van der Waals surface area contributed by atoms with Gasteiger partial charge in [0, 0.05) is 20.1 Å². The summed E-state index contributed by atoms with van der Waals surface area (Å²) >= 11 is 0. The molecule has 82 valence electrons. The Labute approximate surface area is 86.9 Å². The van der Waals surface area contributed by atoms with Crippen molar-refractivity contribution in [3.63, 3.8) is 0 Å². The van der Waals surface area contributed by atoms with Crippen LogP contribution in [0.2, 0.25) is 0 Å². The second-order valence-electron chi connectivity index (χ2n) is 4.64. The molecule has 2 unspecified atom stereocenters. The molecule has 0 heterocycles. The molecule has 14 heavy (non-hydrogen) atoms. The predicted octanol–water partition coefficient (Wildman–Crippen LogP) is 1.24. The predicted molar refractivity (Wildman–Crippen MR) is 58.1 cm³/mol. The first-order valence-corrected chi connectivity index (χ1v) is 5.49. The third-order valence-corrected chi connectivity index (χ3v) is 3.14. The molecule has 0 aromatic carbocycles. The van der Waals surface area contributed by atoms with E-state index in [0.717, 1.165) is 0 Å². The van der Waals surface area contributed by atoms with Crippen molar-refractivity contribution in [1.29, 1.82) is 0 Å². The lowest BCUT2D eigenvalue weighted by molar-refractivity contribution is -0.130. The average Bonchev–Trinajstić information content (AvgIpc) is 2.50. The molecule has 0 spiro atoms. The number of carbonyl (C=O) groups is 1. The van der Waals surface area contributed by atoms with Gasteiger partial charge >= 0.3 is 0 Å². The van der Waals surface area contributed by atoms with Gasteiger partial charge in [0.2, 0.25) is 5.91 Å². The average molecular weight is 198 g/mol. The van der Waals surface area contributed by atoms with E-state index < -0.39 is 0 Å². The monoisotopic (exact) mass is 198 g/mol. The van der Waals surface area contributed by atoms with Gasteiger partial charge in [0.15, 0.2) is 0 Å². The van der Waals surface area contributed by atoms with Gasteiger partial charge in [-0.3, -0.25) is 4.79 Å². The lowest BCUT2D eigenvalue weighted by Crippen LogP contribution is -2.46. The van der Waals surface area contributed by atoms with E-state index in [2.05, 4.69) is 12.2 Å². The molecule has 0 radical (unpaired) electrons. The fourth-order valence-electron chi connectivity index (χ4n) is 2.17. The number of likely N-dealkylation sites (N-methyl/N-ethyl adjacent to an activating group) is 1. The van der Waals surface area contributed by atoms with Crippen LogP contribution >= 0.6 is 0 Å². The minimum atomic E-state index is -0.0458. The van der Waals surface area contributed by atoms with Gasteiger partial charge < -0.3 is 10.2 Å². The number of rotatable bonds is 3. The molecule has 0 saturated heterocycles. The summed E-state index contributed by atoms with van der Waals surface area (Å²) in [6.07, 6.45) is 3.80. The number of nitrogens with zero attached hydrogens (tertiary/aromatic N) is 1. The number of nitrogens with one attached hydrogen (secondary N) is 1. The highest BCUT2D eigenvalue weighted by molar-refractivity contribution is 5.80. The maximum Gasteiger partial charge on any atom is 0.238 e. The Morgan fingerprint density at radius 2 is 2.07 bits per heavy atom. The van der Waals surface area contributed by atoms with Gasteiger partial charge in [-0.05, 0) is 25.7 Å². The molecule has 0 aromatic rings. The molecule has 0 bridgehead atoms. The third-order valence-electron chi connectivity index (χ3n) is 3.14. The van der Waals surface area contributed by atoms with Crippen molar-refractivity contribution in [1.82, 2.24) is 10.2 Å². The molecule has 1 saturated carbocycles. The molecule has 1 fully saturated rings. The largest absolute Gasteiger partial charge is 0.347 e. The van der Waals surface area contributed by atoms with E-state index in [1.807, 2.05) is 6.92 Å². The summed E-state index contributed by atoms with van der Waals surface area (Å²) in [5.74, 6) is 0.886. The molecule has 0 aliphatic heterocycles.